The predicted molar refractivity (Wildman–Crippen MR) is 82.1 cm³/mol. The molecule has 0 heterocycles. The molecule has 1 aliphatic rings. The van der Waals surface area contributed by atoms with Gasteiger partial charge in [-0.2, -0.15) is 0 Å². The van der Waals surface area contributed by atoms with Crippen molar-refractivity contribution in [3.05, 3.63) is 12.7 Å². The highest BCUT2D eigenvalue weighted by molar-refractivity contribution is 7.16. The zero-order chi connectivity index (χ0) is 11.8. The van der Waals surface area contributed by atoms with Gasteiger partial charge in [0.1, 0.15) is 0 Å². The summed E-state index contributed by atoms with van der Waals surface area (Å²) in [7, 11) is 5.90. The first-order valence-corrected chi connectivity index (χ1v) is 8.46. The van der Waals surface area contributed by atoms with Crippen LogP contribution in [0.25, 0.3) is 0 Å². The van der Waals surface area contributed by atoms with E-state index in [0.29, 0.717) is 0 Å². The Bertz CT molecular complexity index is 191. The van der Waals surface area contributed by atoms with Crippen LogP contribution < -0.4 is 0 Å². The van der Waals surface area contributed by atoms with Crippen LogP contribution >= 0.6 is 18.5 Å². The van der Waals surface area contributed by atoms with E-state index >= 15 is 0 Å². The van der Waals surface area contributed by atoms with Crippen molar-refractivity contribution >= 4 is 18.5 Å². The van der Waals surface area contributed by atoms with Crippen LogP contribution in [0.4, 0.5) is 0 Å². The van der Waals surface area contributed by atoms with Crippen molar-refractivity contribution in [2.75, 3.05) is 12.3 Å². The molecule has 5 unspecified atom stereocenters. The summed E-state index contributed by atoms with van der Waals surface area (Å²) < 4.78 is 0. The molecule has 1 rings (SSSR count). The summed E-state index contributed by atoms with van der Waals surface area (Å²) in [6, 6.07) is 0. The summed E-state index contributed by atoms with van der Waals surface area (Å²) in [6.45, 7) is 3.83. The summed E-state index contributed by atoms with van der Waals surface area (Å²) in [5.74, 6) is 2.90. The van der Waals surface area contributed by atoms with Crippen LogP contribution in [0.2, 0.25) is 0 Å². The van der Waals surface area contributed by atoms with E-state index in [4.69, 9.17) is 0 Å². The molecule has 16 heavy (non-hydrogen) atoms. The summed E-state index contributed by atoms with van der Waals surface area (Å²) in [5.41, 5.74) is 0. The predicted octanol–water partition coefficient (Wildman–Crippen LogP) is 4.52. The molecule has 1 saturated carbocycles. The summed E-state index contributed by atoms with van der Waals surface area (Å²) in [6.07, 6.45) is 14.5. The quantitative estimate of drug-likeness (QED) is 0.465. The van der Waals surface area contributed by atoms with Gasteiger partial charge in [0.05, 0.1) is 0 Å². The molecule has 0 aromatic rings. The number of hydrogen-bond donors (Lipinski definition) is 0. The lowest BCUT2D eigenvalue weighted by Crippen LogP contribution is -2.23. The van der Waals surface area contributed by atoms with Gasteiger partial charge in [-0.25, -0.2) is 0 Å². The van der Waals surface area contributed by atoms with E-state index in [0.717, 1.165) is 17.8 Å². The normalized spacial score (nSPS) is 27.6. The van der Waals surface area contributed by atoms with Gasteiger partial charge in [-0.05, 0) is 55.8 Å². The molecule has 2 heteroatoms. The van der Waals surface area contributed by atoms with Crippen molar-refractivity contribution in [3.63, 3.8) is 0 Å². The second-order valence-electron chi connectivity index (χ2n) is 5.24. The molecule has 1 aliphatic carbocycles. The molecule has 0 saturated heterocycles. The Labute approximate surface area is 106 Å². The highest BCUT2D eigenvalue weighted by Crippen LogP contribution is 2.36. The molecule has 0 aromatic heterocycles. The Morgan fingerprint density at radius 1 is 1.19 bits per heavy atom. The van der Waals surface area contributed by atoms with E-state index in [2.05, 4.69) is 31.1 Å². The Kier molecular flexibility index (Phi) is 7.93. The lowest BCUT2D eigenvalue weighted by Gasteiger charge is -2.33. The molecule has 5 atom stereocenters. The monoisotopic (exact) mass is 258 g/mol. The zero-order valence-electron chi connectivity index (χ0n) is 10.5. The van der Waals surface area contributed by atoms with Crippen molar-refractivity contribution in [2.24, 2.45) is 17.8 Å². The summed E-state index contributed by atoms with van der Waals surface area (Å²) in [4.78, 5) is 0. The molecule has 0 radical (unpaired) electrons. The van der Waals surface area contributed by atoms with Gasteiger partial charge in [0.15, 0.2) is 0 Å². The second kappa shape index (κ2) is 8.66. The maximum Gasteiger partial charge on any atom is -0.0350 e. The molecular weight excluding hydrogens is 230 g/mol. The molecule has 0 nitrogen and oxygen atoms in total. The molecule has 0 spiro atoms. The Morgan fingerprint density at radius 2 is 1.88 bits per heavy atom. The van der Waals surface area contributed by atoms with Crippen LogP contribution in [0.15, 0.2) is 12.7 Å². The third kappa shape index (κ3) is 4.85. The first kappa shape index (κ1) is 14.7. The summed E-state index contributed by atoms with van der Waals surface area (Å²) >= 11 is 0. The van der Waals surface area contributed by atoms with Gasteiger partial charge < -0.3 is 0 Å². The first-order valence-electron chi connectivity index (χ1n) is 6.82. The fourth-order valence-corrected chi connectivity index (χ4v) is 4.07. The topological polar surface area (TPSA) is 0 Å². The third-order valence-electron chi connectivity index (χ3n) is 4.12. The van der Waals surface area contributed by atoms with Gasteiger partial charge in [-0.1, -0.05) is 25.3 Å². The van der Waals surface area contributed by atoms with Crippen LogP contribution in [0.3, 0.4) is 0 Å². The highest BCUT2D eigenvalue weighted by atomic mass is 31.0. The van der Waals surface area contributed by atoms with Gasteiger partial charge in [0.25, 0.3) is 0 Å². The largest absolute Gasteiger partial charge is 0.137 e. The van der Waals surface area contributed by atoms with Crippen LogP contribution in [0.1, 0.15) is 44.9 Å². The van der Waals surface area contributed by atoms with E-state index in [-0.39, 0.29) is 0 Å². The van der Waals surface area contributed by atoms with E-state index in [1.54, 1.807) is 0 Å². The lowest BCUT2D eigenvalue weighted by atomic mass is 9.75. The average Bonchev–Trinajstić information content (AvgIpc) is 2.34. The van der Waals surface area contributed by atoms with E-state index in [1.807, 2.05) is 0 Å². The van der Waals surface area contributed by atoms with Crippen LogP contribution in [-0.2, 0) is 0 Å². The minimum atomic E-state index is 0.908. The lowest BCUT2D eigenvalue weighted by molar-refractivity contribution is 0.217. The van der Waals surface area contributed by atoms with Crippen molar-refractivity contribution in [2.45, 2.75) is 44.9 Å². The minimum absolute atomic E-state index is 0.908. The maximum absolute atomic E-state index is 3.83. The summed E-state index contributed by atoms with van der Waals surface area (Å²) in [5, 5.41) is 0. The SMILES string of the molecule is C=CCCC(CP)CC1CCCCC1CP. The van der Waals surface area contributed by atoms with Crippen molar-refractivity contribution in [1.82, 2.24) is 0 Å². The smallest absolute Gasteiger partial charge is 0.0350 e. The standard InChI is InChI=1S/C14H28P2/c1-2-3-6-12(10-15)9-13-7-4-5-8-14(13)11-16/h2,12-14H,1,3-11,15-16H2. The number of rotatable bonds is 7. The fraction of sp³-hybridized carbons (Fsp3) is 0.857. The minimum Gasteiger partial charge on any atom is -0.137 e. The Balaban J connectivity index is 2.38. The Morgan fingerprint density at radius 3 is 2.44 bits per heavy atom. The molecular formula is C14H28P2. The second-order valence-corrected chi connectivity index (χ2v) is 6.19. The number of hydrogen-bond acceptors (Lipinski definition) is 0. The molecule has 1 fully saturated rings. The first-order chi connectivity index (χ1) is 7.81. The average molecular weight is 258 g/mol. The molecule has 94 valence electrons. The molecule has 0 amide bonds. The van der Waals surface area contributed by atoms with Gasteiger partial charge in [-0.15, -0.1) is 25.1 Å². The van der Waals surface area contributed by atoms with E-state index in [1.165, 1.54) is 57.3 Å². The molecule has 0 aromatic carbocycles. The number of allylic oxidation sites excluding steroid dienone is 1. The zero-order valence-corrected chi connectivity index (χ0v) is 12.8. The Hall–Kier alpha value is 0.600. The van der Waals surface area contributed by atoms with Gasteiger partial charge in [0, 0.05) is 0 Å². The van der Waals surface area contributed by atoms with Crippen LogP contribution in [-0.4, -0.2) is 12.3 Å². The maximum atomic E-state index is 3.83. The fourth-order valence-electron chi connectivity index (χ4n) is 3.02. The van der Waals surface area contributed by atoms with E-state index < -0.39 is 0 Å². The van der Waals surface area contributed by atoms with Gasteiger partial charge in [0.2, 0.25) is 0 Å². The van der Waals surface area contributed by atoms with Crippen molar-refractivity contribution < 1.29 is 0 Å². The van der Waals surface area contributed by atoms with Gasteiger partial charge >= 0.3 is 0 Å². The highest BCUT2D eigenvalue weighted by Gasteiger charge is 2.25. The van der Waals surface area contributed by atoms with E-state index in [9.17, 15) is 0 Å². The third-order valence-corrected chi connectivity index (χ3v) is 5.39. The molecule has 0 aliphatic heterocycles. The van der Waals surface area contributed by atoms with Crippen LogP contribution in [0, 0.1) is 17.8 Å². The van der Waals surface area contributed by atoms with Crippen molar-refractivity contribution in [1.29, 1.82) is 0 Å². The molecule has 0 bridgehead atoms. The van der Waals surface area contributed by atoms with Crippen LogP contribution in [0.5, 0.6) is 0 Å². The van der Waals surface area contributed by atoms with Gasteiger partial charge in [-0.3, -0.25) is 0 Å². The molecule has 0 N–H and O–H groups in total. The van der Waals surface area contributed by atoms with Crippen molar-refractivity contribution in [3.8, 4) is 0 Å².